The summed E-state index contributed by atoms with van der Waals surface area (Å²) in [7, 11) is 6.39. The van der Waals surface area contributed by atoms with E-state index in [0.717, 1.165) is 16.5 Å². The first-order valence-corrected chi connectivity index (χ1v) is 9.40. The monoisotopic (exact) mass is 432 g/mol. The fourth-order valence-corrected chi connectivity index (χ4v) is 2.70. The molecule has 1 aromatic rings. The van der Waals surface area contributed by atoms with Crippen molar-refractivity contribution in [3.8, 4) is 23.0 Å². The van der Waals surface area contributed by atoms with Crippen molar-refractivity contribution in [3.05, 3.63) is 22.8 Å². The van der Waals surface area contributed by atoms with Crippen molar-refractivity contribution in [1.29, 1.82) is 0 Å². The summed E-state index contributed by atoms with van der Waals surface area (Å²) >= 11 is 3.47. The molecule has 0 spiro atoms. The van der Waals surface area contributed by atoms with E-state index in [9.17, 15) is 0 Å². The number of hydrogen-bond acceptors (Lipinski definition) is 6. The van der Waals surface area contributed by atoms with Gasteiger partial charge in [-0.1, -0.05) is 27.6 Å². The van der Waals surface area contributed by atoms with Gasteiger partial charge in [-0.05, 0) is 20.3 Å². The van der Waals surface area contributed by atoms with Crippen LogP contribution in [0.2, 0.25) is 0 Å². The van der Waals surface area contributed by atoms with Crippen LogP contribution in [0.1, 0.15) is 18.1 Å². The van der Waals surface area contributed by atoms with Crippen molar-refractivity contribution in [3.63, 3.8) is 0 Å². The Hall–Kier alpha value is -1.44. The molecule has 0 heterocycles. The van der Waals surface area contributed by atoms with Crippen molar-refractivity contribution in [2.75, 3.05) is 53.8 Å². The zero-order valence-electron chi connectivity index (χ0n) is 16.4. The molecule has 0 fully saturated rings. The molecule has 0 saturated carbocycles. The Morgan fingerprint density at radius 3 is 2.08 bits per heavy atom. The largest absolute Gasteiger partial charge is 0.492 e. The number of rotatable bonds is 12. The Morgan fingerprint density at radius 2 is 1.54 bits per heavy atom. The zero-order chi connectivity index (χ0) is 19.5. The lowest BCUT2D eigenvalue weighted by Gasteiger charge is -2.22. The van der Waals surface area contributed by atoms with Gasteiger partial charge in [0.25, 0.3) is 0 Å². The molecule has 0 aliphatic rings. The number of hydrogen-bond donors (Lipinski definition) is 0. The maximum absolute atomic E-state index is 5.92. The summed E-state index contributed by atoms with van der Waals surface area (Å²) in [5.41, 5.74) is 3.13. The summed E-state index contributed by atoms with van der Waals surface area (Å²) in [6.45, 7) is 5.08. The summed E-state index contributed by atoms with van der Waals surface area (Å²) in [5, 5.41) is 0.812. The standard InChI is InChI=1S/C19H29BrO6/c1-13(11-20)7-8-15-14(2)16(22-4)18(23-5)19(24-6)17(15)26-12-25-10-9-21-3/h7H,8-12H2,1-6H3/b13-7+. The molecular weight excluding hydrogens is 404 g/mol. The smallest absolute Gasteiger partial charge is 0.207 e. The number of methoxy groups -OCH3 is 4. The van der Waals surface area contributed by atoms with Gasteiger partial charge < -0.3 is 28.4 Å². The summed E-state index contributed by atoms with van der Waals surface area (Å²) < 4.78 is 33.0. The molecule has 0 N–H and O–H groups in total. The number of allylic oxidation sites excluding steroid dienone is 2. The molecule has 7 heteroatoms. The quantitative estimate of drug-likeness (QED) is 0.216. The average Bonchev–Trinajstić information content (AvgIpc) is 2.66. The highest BCUT2D eigenvalue weighted by molar-refractivity contribution is 9.09. The first kappa shape index (κ1) is 22.6. The molecular formula is C19H29BrO6. The van der Waals surface area contributed by atoms with Crippen LogP contribution in [-0.2, 0) is 15.9 Å². The maximum atomic E-state index is 5.92. The van der Waals surface area contributed by atoms with Crippen molar-refractivity contribution in [1.82, 2.24) is 0 Å². The van der Waals surface area contributed by atoms with Gasteiger partial charge in [-0.25, -0.2) is 0 Å². The minimum absolute atomic E-state index is 0.0861. The zero-order valence-corrected chi connectivity index (χ0v) is 18.0. The third kappa shape index (κ3) is 5.79. The van der Waals surface area contributed by atoms with E-state index in [0.29, 0.717) is 42.6 Å². The number of benzene rings is 1. The Labute approximate surface area is 164 Å². The van der Waals surface area contributed by atoms with Crippen LogP contribution in [0, 0.1) is 6.92 Å². The molecule has 0 radical (unpaired) electrons. The molecule has 0 aliphatic carbocycles. The molecule has 1 aromatic carbocycles. The third-order valence-corrected chi connectivity index (χ3v) is 4.77. The van der Waals surface area contributed by atoms with Crippen LogP contribution < -0.4 is 18.9 Å². The van der Waals surface area contributed by atoms with Crippen LogP contribution in [0.3, 0.4) is 0 Å². The van der Waals surface area contributed by atoms with Gasteiger partial charge in [0.1, 0.15) is 0 Å². The fourth-order valence-electron chi connectivity index (χ4n) is 2.47. The van der Waals surface area contributed by atoms with E-state index in [1.165, 1.54) is 5.57 Å². The van der Waals surface area contributed by atoms with Gasteiger partial charge in [-0.3, -0.25) is 0 Å². The van der Waals surface area contributed by atoms with E-state index in [2.05, 4.69) is 28.9 Å². The van der Waals surface area contributed by atoms with E-state index < -0.39 is 0 Å². The van der Waals surface area contributed by atoms with Crippen molar-refractivity contribution >= 4 is 15.9 Å². The highest BCUT2D eigenvalue weighted by Crippen LogP contribution is 2.49. The summed E-state index contributed by atoms with van der Waals surface area (Å²) in [6.07, 6.45) is 2.81. The number of halogens is 1. The predicted molar refractivity (Wildman–Crippen MR) is 105 cm³/mol. The van der Waals surface area contributed by atoms with E-state index in [1.807, 2.05) is 6.92 Å². The molecule has 0 unspecified atom stereocenters. The molecule has 0 saturated heterocycles. The lowest BCUT2D eigenvalue weighted by molar-refractivity contribution is -0.01000. The van der Waals surface area contributed by atoms with E-state index >= 15 is 0 Å². The van der Waals surface area contributed by atoms with Crippen LogP contribution in [-0.4, -0.2) is 53.8 Å². The minimum atomic E-state index is 0.0861. The second-order valence-electron chi connectivity index (χ2n) is 5.58. The van der Waals surface area contributed by atoms with Gasteiger partial charge in [-0.2, -0.15) is 0 Å². The van der Waals surface area contributed by atoms with Crippen molar-refractivity contribution in [2.45, 2.75) is 20.3 Å². The summed E-state index contributed by atoms with van der Waals surface area (Å²) in [4.78, 5) is 0. The van der Waals surface area contributed by atoms with E-state index in [1.54, 1.807) is 28.4 Å². The molecule has 26 heavy (non-hydrogen) atoms. The van der Waals surface area contributed by atoms with Crippen LogP contribution in [0.4, 0.5) is 0 Å². The summed E-state index contributed by atoms with van der Waals surface area (Å²) in [6, 6.07) is 0. The average molecular weight is 433 g/mol. The van der Waals surface area contributed by atoms with Crippen LogP contribution in [0.25, 0.3) is 0 Å². The van der Waals surface area contributed by atoms with E-state index in [4.69, 9.17) is 28.4 Å². The van der Waals surface area contributed by atoms with Gasteiger partial charge in [-0.15, -0.1) is 0 Å². The molecule has 0 aromatic heterocycles. The number of alkyl halides is 1. The second kappa shape index (κ2) is 12.0. The second-order valence-corrected chi connectivity index (χ2v) is 6.14. The molecule has 6 nitrogen and oxygen atoms in total. The molecule has 0 atom stereocenters. The molecule has 0 amide bonds. The van der Waals surface area contributed by atoms with Gasteiger partial charge in [0.2, 0.25) is 11.5 Å². The topological polar surface area (TPSA) is 55.4 Å². The Bertz CT molecular complexity index is 600. The molecule has 0 bridgehead atoms. The Kier molecular flexibility index (Phi) is 10.5. The number of ether oxygens (including phenoxy) is 6. The summed E-state index contributed by atoms with van der Waals surface area (Å²) in [5.74, 6) is 2.23. The van der Waals surface area contributed by atoms with Crippen molar-refractivity contribution < 1.29 is 28.4 Å². The molecule has 0 aliphatic heterocycles. The van der Waals surface area contributed by atoms with E-state index in [-0.39, 0.29) is 6.79 Å². The first-order valence-electron chi connectivity index (χ1n) is 8.28. The minimum Gasteiger partial charge on any atom is -0.492 e. The fraction of sp³-hybridized carbons (Fsp3) is 0.579. The Balaban J connectivity index is 3.32. The molecule has 1 rings (SSSR count). The van der Waals surface area contributed by atoms with Gasteiger partial charge >= 0.3 is 0 Å². The maximum Gasteiger partial charge on any atom is 0.207 e. The lowest BCUT2D eigenvalue weighted by Crippen LogP contribution is -2.11. The Morgan fingerprint density at radius 1 is 0.923 bits per heavy atom. The van der Waals surface area contributed by atoms with Gasteiger partial charge in [0.15, 0.2) is 18.3 Å². The first-order chi connectivity index (χ1) is 12.5. The van der Waals surface area contributed by atoms with Gasteiger partial charge in [0.05, 0.1) is 34.5 Å². The van der Waals surface area contributed by atoms with Gasteiger partial charge in [0, 0.05) is 23.6 Å². The third-order valence-electron chi connectivity index (χ3n) is 3.88. The predicted octanol–water partition coefficient (Wildman–Crippen LogP) is 3.90. The highest BCUT2D eigenvalue weighted by Gasteiger charge is 2.25. The lowest BCUT2D eigenvalue weighted by atomic mass is 10.0. The SMILES string of the molecule is COCCOCOc1c(C/C=C(\C)CBr)c(C)c(OC)c(OC)c1OC. The van der Waals surface area contributed by atoms with Crippen molar-refractivity contribution in [2.24, 2.45) is 0 Å². The highest BCUT2D eigenvalue weighted by atomic mass is 79.9. The normalized spacial score (nSPS) is 11.4. The van der Waals surface area contributed by atoms with Crippen LogP contribution >= 0.6 is 15.9 Å². The van der Waals surface area contributed by atoms with Crippen LogP contribution in [0.15, 0.2) is 11.6 Å². The van der Waals surface area contributed by atoms with Crippen LogP contribution in [0.5, 0.6) is 23.0 Å². The molecule has 148 valence electrons.